The van der Waals surface area contributed by atoms with Crippen molar-refractivity contribution in [1.29, 1.82) is 0 Å². The molecule has 0 saturated carbocycles. The van der Waals surface area contributed by atoms with E-state index >= 15 is 0 Å². The lowest BCUT2D eigenvalue weighted by molar-refractivity contribution is -0.141. The Bertz CT molecular complexity index is 2390. The summed E-state index contributed by atoms with van der Waals surface area (Å²) in [7, 11) is 0. The van der Waals surface area contributed by atoms with Crippen molar-refractivity contribution in [2.75, 3.05) is 31.5 Å². The summed E-state index contributed by atoms with van der Waals surface area (Å²) in [6.07, 6.45) is 10.7. The molecule has 5 heterocycles. The van der Waals surface area contributed by atoms with E-state index < -0.39 is 5.97 Å². The van der Waals surface area contributed by atoms with E-state index in [9.17, 15) is 15.0 Å². The number of terminal acetylenes is 1. The first kappa shape index (κ1) is 33.8. The molecule has 0 amide bonds. The highest BCUT2D eigenvalue weighted by Crippen LogP contribution is 2.40. The predicted molar refractivity (Wildman–Crippen MR) is 202 cm³/mol. The van der Waals surface area contributed by atoms with Crippen LogP contribution in [0.4, 0.5) is 11.5 Å². The number of carboxylic acids is 1. The molecule has 2 aliphatic heterocycles. The molecule has 0 aliphatic carbocycles. The van der Waals surface area contributed by atoms with Crippen molar-refractivity contribution in [2.24, 2.45) is 5.92 Å². The van der Waals surface area contributed by atoms with Gasteiger partial charge in [0.1, 0.15) is 11.0 Å². The average molecular weight is 713 g/mol. The molecule has 262 valence electrons. The third-order valence-corrected chi connectivity index (χ3v) is 10.6. The molecular weight excluding hydrogens is 676 g/mol. The van der Waals surface area contributed by atoms with Gasteiger partial charge in [0.25, 0.3) is 0 Å². The minimum absolute atomic E-state index is 0.262. The molecule has 3 aromatic carbocycles. The van der Waals surface area contributed by atoms with Gasteiger partial charge in [-0.2, -0.15) is 0 Å². The van der Waals surface area contributed by atoms with Crippen LogP contribution < -0.4 is 5.32 Å². The molecule has 0 radical (unpaired) electrons. The number of hydrogen-bond acceptors (Lipinski definition) is 9. The fraction of sp³-hybridized carbons (Fsp3) is 0.268. The van der Waals surface area contributed by atoms with Gasteiger partial charge in [0.15, 0.2) is 11.4 Å². The van der Waals surface area contributed by atoms with Crippen molar-refractivity contribution in [3.05, 3.63) is 100 Å². The van der Waals surface area contributed by atoms with E-state index in [2.05, 4.69) is 32.1 Å². The van der Waals surface area contributed by atoms with Crippen LogP contribution in [0.5, 0.6) is 0 Å². The zero-order chi connectivity index (χ0) is 35.9. The molecule has 3 N–H and O–H groups in total. The van der Waals surface area contributed by atoms with E-state index in [0.717, 1.165) is 70.3 Å². The summed E-state index contributed by atoms with van der Waals surface area (Å²) in [5, 5.41) is 24.3. The first-order chi connectivity index (χ1) is 25.2. The fourth-order valence-electron chi connectivity index (χ4n) is 7.46. The molecule has 2 saturated heterocycles. The Morgan fingerprint density at radius 3 is 2.56 bits per heavy atom. The monoisotopic (exact) mass is 712 g/mol. The maximum atomic E-state index is 11.5. The van der Waals surface area contributed by atoms with E-state index in [-0.39, 0.29) is 12.0 Å². The highest BCUT2D eigenvalue weighted by molar-refractivity contribution is 6.36. The number of likely N-dealkylation sites (tertiary alicyclic amines) is 2. The number of benzene rings is 3. The molecule has 6 aromatic rings. The number of nitrogens with one attached hydrogen (secondary N) is 1. The van der Waals surface area contributed by atoms with Crippen LogP contribution >= 0.6 is 11.6 Å². The number of carboxylic acid groups (broad SMARTS) is 1. The minimum Gasteiger partial charge on any atom is -0.481 e. The Morgan fingerprint density at radius 1 is 1.00 bits per heavy atom. The standard InChI is InChI=1S/C41H37ClN6O4/c1-3-27-16-25(20-47-14-11-29(22-47)41(50)51)18-35-38(27)52-40(46-35)32-7-4-6-31(24(32)2)33-8-5-9-34(36(33)42)45-39-37-28(10-13-43-39)17-26(19-44-37)21-48-15-12-30(49)23-48/h1,4-10,13,16-19,29-30,49H,11-12,14-15,20-23H2,2H3,(H,43,45)(H,50,51)/t29-,30+/m0/s1. The number of nitrogens with zero attached hydrogens (tertiary/aromatic N) is 5. The van der Waals surface area contributed by atoms with Crippen LogP contribution in [0.3, 0.4) is 0 Å². The summed E-state index contributed by atoms with van der Waals surface area (Å²) in [4.78, 5) is 30.1. The maximum Gasteiger partial charge on any atom is 0.307 e. The molecular formula is C41H37ClN6O4. The Labute approximate surface area is 306 Å². The fourth-order valence-corrected chi connectivity index (χ4v) is 7.74. The third kappa shape index (κ3) is 6.60. The van der Waals surface area contributed by atoms with Gasteiger partial charge >= 0.3 is 5.97 Å². The Morgan fingerprint density at radius 2 is 1.77 bits per heavy atom. The number of aliphatic hydroxyl groups excluding tert-OH is 1. The van der Waals surface area contributed by atoms with Crippen LogP contribution in [0, 0.1) is 25.2 Å². The number of aliphatic hydroxyl groups is 1. The lowest BCUT2D eigenvalue weighted by Crippen LogP contribution is -2.22. The Balaban J connectivity index is 1.07. The molecule has 52 heavy (non-hydrogen) atoms. The zero-order valence-corrected chi connectivity index (χ0v) is 29.4. The van der Waals surface area contributed by atoms with Crippen LogP contribution in [0.25, 0.3) is 44.6 Å². The number of hydrogen-bond donors (Lipinski definition) is 3. The lowest BCUT2D eigenvalue weighted by Gasteiger charge is -2.16. The Hall–Kier alpha value is -5.31. The van der Waals surface area contributed by atoms with Gasteiger partial charge in [-0.1, -0.05) is 41.8 Å². The van der Waals surface area contributed by atoms with Gasteiger partial charge in [-0.15, -0.1) is 6.42 Å². The van der Waals surface area contributed by atoms with Gasteiger partial charge in [0, 0.05) is 61.6 Å². The first-order valence-electron chi connectivity index (χ1n) is 17.4. The van der Waals surface area contributed by atoms with Gasteiger partial charge < -0.3 is 19.9 Å². The van der Waals surface area contributed by atoms with Crippen LogP contribution in [0.15, 0.2) is 77.5 Å². The van der Waals surface area contributed by atoms with Crippen molar-refractivity contribution < 1.29 is 19.4 Å². The van der Waals surface area contributed by atoms with Crippen LogP contribution in [-0.2, 0) is 17.9 Å². The van der Waals surface area contributed by atoms with Crippen LogP contribution in [-0.4, -0.2) is 73.2 Å². The summed E-state index contributed by atoms with van der Waals surface area (Å²) >= 11 is 7.13. The smallest absolute Gasteiger partial charge is 0.307 e. The molecule has 0 unspecified atom stereocenters. The number of anilines is 2. The van der Waals surface area contributed by atoms with Crippen molar-refractivity contribution in [1.82, 2.24) is 24.8 Å². The van der Waals surface area contributed by atoms with E-state index in [1.807, 2.05) is 67.7 Å². The summed E-state index contributed by atoms with van der Waals surface area (Å²) in [6, 6.07) is 19.8. The Kier molecular flexibility index (Phi) is 9.11. The molecule has 2 atom stereocenters. The second-order valence-corrected chi connectivity index (χ2v) is 14.1. The average Bonchev–Trinajstić information content (AvgIpc) is 3.89. The minimum atomic E-state index is -0.755. The topological polar surface area (TPSA) is 128 Å². The number of fused-ring (bicyclic) bond motifs is 2. The highest BCUT2D eigenvalue weighted by atomic mass is 35.5. The van der Waals surface area contributed by atoms with Crippen molar-refractivity contribution in [3.63, 3.8) is 0 Å². The number of β-amino-alcohol motifs (C(OH)–C–C–N with tert-alkyl or cyclic N) is 1. The predicted octanol–water partition coefficient (Wildman–Crippen LogP) is 7.26. The van der Waals surface area contributed by atoms with Crippen molar-refractivity contribution in [3.8, 4) is 34.9 Å². The zero-order valence-electron chi connectivity index (χ0n) is 28.6. The molecule has 2 aliphatic rings. The van der Waals surface area contributed by atoms with Gasteiger partial charge in [0.05, 0.1) is 28.3 Å². The number of aliphatic carboxylic acids is 1. The van der Waals surface area contributed by atoms with Gasteiger partial charge in [0.2, 0.25) is 5.89 Å². The van der Waals surface area contributed by atoms with Crippen molar-refractivity contribution >= 4 is 51.1 Å². The lowest BCUT2D eigenvalue weighted by atomic mass is 9.96. The molecule has 3 aromatic heterocycles. The SMILES string of the molecule is C#Cc1cc(CN2CC[C@H](C(=O)O)C2)cc2nc(-c3cccc(-c4cccc(Nc5nccc6cc(CN7CC[C@@H](O)C7)cnc56)c4Cl)c3C)oc12. The quantitative estimate of drug-likeness (QED) is 0.132. The normalized spacial score (nSPS) is 18.0. The van der Waals surface area contributed by atoms with Gasteiger partial charge in [-0.05, 0) is 85.0 Å². The molecule has 2 fully saturated rings. The van der Waals surface area contributed by atoms with E-state index in [1.165, 1.54) is 0 Å². The first-order valence-corrected chi connectivity index (χ1v) is 17.8. The summed E-state index contributed by atoms with van der Waals surface area (Å²) in [6.45, 7) is 6.13. The molecule has 8 rings (SSSR count). The summed E-state index contributed by atoms with van der Waals surface area (Å²) in [5.41, 5.74) is 8.80. The van der Waals surface area contributed by atoms with Crippen LogP contribution in [0.1, 0.15) is 35.1 Å². The summed E-state index contributed by atoms with van der Waals surface area (Å²) < 4.78 is 6.33. The maximum absolute atomic E-state index is 11.5. The molecule has 0 bridgehead atoms. The number of carbonyl (C=O) groups is 1. The number of halogens is 1. The second-order valence-electron chi connectivity index (χ2n) is 13.7. The van der Waals surface area contributed by atoms with E-state index in [4.69, 9.17) is 32.4 Å². The molecule has 10 nitrogen and oxygen atoms in total. The van der Waals surface area contributed by atoms with Crippen molar-refractivity contribution in [2.45, 2.75) is 39.0 Å². The van der Waals surface area contributed by atoms with Crippen LogP contribution in [0.2, 0.25) is 5.02 Å². The largest absolute Gasteiger partial charge is 0.481 e. The van der Waals surface area contributed by atoms with E-state index in [1.54, 1.807) is 6.20 Å². The number of rotatable bonds is 9. The molecule has 11 heteroatoms. The highest BCUT2D eigenvalue weighted by Gasteiger charge is 2.28. The second kappa shape index (κ2) is 14.0. The number of pyridine rings is 2. The third-order valence-electron chi connectivity index (χ3n) is 10.1. The summed E-state index contributed by atoms with van der Waals surface area (Å²) in [5.74, 6) is 2.70. The van der Waals surface area contributed by atoms with Gasteiger partial charge in [-0.3, -0.25) is 19.6 Å². The molecule has 0 spiro atoms. The number of aromatic nitrogens is 3. The van der Waals surface area contributed by atoms with E-state index in [0.29, 0.717) is 65.1 Å². The van der Waals surface area contributed by atoms with Gasteiger partial charge in [-0.25, -0.2) is 9.97 Å². The number of oxazole rings is 1.